The van der Waals surface area contributed by atoms with Crippen LogP contribution in [0, 0.1) is 12.3 Å². The smallest absolute Gasteiger partial charge is 0.387 e. The normalized spacial score (nSPS) is 28.1. The number of hydrogen-bond acceptors (Lipinski definition) is 13. The molecule has 0 saturated carbocycles. The zero-order valence-electron chi connectivity index (χ0n) is 16.8. The van der Waals surface area contributed by atoms with Crippen LogP contribution in [0.5, 0.6) is 0 Å². The van der Waals surface area contributed by atoms with Gasteiger partial charge in [0.15, 0.2) is 17.7 Å². The summed E-state index contributed by atoms with van der Waals surface area (Å²) in [6.45, 7) is -1.47. The summed E-state index contributed by atoms with van der Waals surface area (Å²) in [7, 11) is -16.0. The number of aliphatic hydroxyl groups excluding tert-OH is 2. The van der Waals surface area contributed by atoms with Crippen LogP contribution in [0.1, 0.15) is 6.23 Å². The number of ether oxygens (including phenoxy) is 1. The van der Waals surface area contributed by atoms with E-state index in [2.05, 4.69) is 28.1 Å². The average Bonchev–Trinajstić information content (AvgIpc) is 3.26. The molecule has 8 N–H and O–H groups in total. The lowest BCUT2D eigenvalue weighted by Crippen LogP contribution is -2.33. The van der Waals surface area contributed by atoms with Crippen LogP contribution < -0.4 is 10.8 Å². The molecule has 1 aliphatic rings. The van der Waals surface area contributed by atoms with Gasteiger partial charge in [0.05, 0.1) is 19.5 Å². The lowest BCUT2D eigenvalue weighted by molar-refractivity contribution is -0.0503. The number of nitrogens with one attached hydrogen (secondary N) is 1. The summed E-state index contributed by atoms with van der Waals surface area (Å²) in [5.41, 5.74) is 6.04. The molecule has 0 spiro atoms. The van der Waals surface area contributed by atoms with E-state index in [9.17, 15) is 38.6 Å². The molecule has 1 fully saturated rings. The number of nitrogens with zero attached hydrogens (tertiary/aromatic N) is 4. The van der Waals surface area contributed by atoms with E-state index < -0.39 is 61.1 Å². The molecule has 18 nitrogen and oxygen atoms in total. The van der Waals surface area contributed by atoms with Gasteiger partial charge in [-0.15, -0.1) is 6.42 Å². The Balaban J connectivity index is 1.65. The van der Waals surface area contributed by atoms with E-state index >= 15 is 0 Å². The number of phosphoric ester groups is 1. The Morgan fingerprint density at radius 3 is 2.53 bits per heavy atom. The Morgan fingerprint density at radius 2 is 1.85 bits per heavy atom. The van der Waals surface area contributed by atoms with Crippen molar-refractivity contribution in [2.75, 3.05) is 18.9 Å². The third-order valence-electron chi connectivity index (χ3n) is 4.20. The number of phosphoric acid groups is 2. The van der Waals surface area contributed by atoms with E-state index in [-0.39, 0.29) is 17.0 Å². The number of nitrogens with two attached hydrogens (primary N) is 1. The second kappa shape index (κ2) is 10.1. The lowest BCUT2D eigenvalue weighted by atomic mass is 10.1. The summed E-state index contributed by atoms with van der Waals surface area (Å²) in [4.78, 5) is 40.3. The van der Waals surface area contributed by atoms with Crippen LogP contribution in [0.4, 0.5) is 5.82 Å². The van der Waals surface area contributed by atoms with Crippen LogP contribution in [0.25, 0.3) is 11.2 Å². The maximum Gasteiger partial charge on any atom is 0.489 e. The van der Waals surface area contributed by atoms with Crippen molar-refractivity contribution in [1.82, 2.24) is 24.6 Å². The number of aromatic nitrogens is 4. The molecule has 0 radical (unpaired) electrons. The van der Waals surface area contributed by atoms with Gasteiger partial charge in [-0.1, -0.05) is 5.92 Å². The number of rotatable bonds is 10. The summed E-state index contributed by atoms with van der Waals surface area (Å²) in [5.74, 6) is 1.95. The van der Waals surface area contributed by atoms with Gasteiger partial charge in [-0.05, 0) is 0 Å². The molecule has 1 aliphatic heterocycles. The maximum atomic E-state index is 12.0. The summed E-state index contributed by atoms with van der Waals surface area (Å²) >= 11 is 0. The summed E-state index contributed by atoms with van der Waals surface area (Å²) in [5, 5.41) is 22.3. The predicted molar refractivity (Wildman–Crippen MR) is 110 cm³/mol. The molecule has 0 bridgehead atoms. The Morgan fingerprint density at radius 1 is 1.15 bits per heavy atom. The quantitative estimate of drug-likeness (QED) is 0.134. The third-order valence-corrected chi connectivity index (χ3v) is 8.60. The standard InChI is InChI=1S/C13H19N6O12P3/c1-2-3-18-32(22,23)30-34(26,27)31-33(24,25)28-4-7-9(20)10(21)13(29-7)19-6-17-8-11(14)15-5-16-12(8)19/h1,5-7,9-10,13,20-21H,3-4H2,(H,24,25)(H,26,27)(H2,14,15,16)(H2,18,22,23)/t7-,9-,10-,13-/m1/s1. The Hall–Kier alpha value is -1.80. The first-order valence-electron chi connectivity index (χ1n) is 8.94. The van der Waals surface area contributed by atoms with Crippen LogP contribution in [-0.4, -0.2) is 75.9 Å². The van der Waals surface area contributed by atoms with Crippen molar-refractivity contribution in [1.29, 1.82) is 0 Å². The fourth-order valence-electron chi connectivity index (χ4n) is 2.80. The Bertz CT molecular complexity index is 1230. The van der Waals surface area contributed by atoms with Crippen molar-refractivity contribution in [3.8, 4) is 12.3 Å². The minimum absolute atomic E-state index is 0.0487. The van der Waals surface area contributed by atoms with Gasteiger partial charge in [-0.25, -0.2) is 33.7 Å². The number of fused-ring (bicyclic) bond motifs is 1. The van der Waals surface area contributed by atoms with Crippen LogP contribution in [0.3, 0.4) is 0 Å². The molecule has 2 aromatic rings. The highest BCUT2D eigenvalue weighted by Gasteiger charge is 2.47. The highest BCUT2D eigenvalue weighted by Crippen LogP contribution is 2.66. The molecule has 3 unspecified atom stereocenters. The lowest BCUT2D eigenvalue weighted by Gasteiger charge is -2.20. The van der Waals surface area contributed by atoms with Crippen molar-refractivity contribution in [3.63, 3.8) is 0 Å². The number of anilines is 1. The van der Waals surface area contributed by atoms with Gasteiger partial charge >= 0.3 is 23.4 Å². The Labute approximate surface area is 190 Å². The molecule has 21 heteroatoms. The number of aliphatic hydroxyl groups is 2. The summed E-state index contributed by atoms with van der Waals surface area (Å²) in [6, 6.07) is 0. The van der Waals surface area contributed by atoms with E-state index in [0.29, 0.717) is 0 Å². The molecule has 0 amide bonds. The predicted octanol–water partition coefficient (Wildman–Crippen LogP) is -1.40. The fourth-order valence-corrected chi connectivity index (χ4v) is 6.40. The average molecular weight is 544 g/mol. The van der Waals surface area contributed by atoms with Gasteiger partial charge < -0.3 is 35.4 Å². The van der Waals surface area contributed by atoms with Gasteiger partial charge in [0.25, 0.3) is 0 Å². The van der Waals surface area contributed by atoms with E-state index in [1.54, 1.807) is 5.09 Å². The molecule has 1 saturated heterocycles. The highest BCUT2D eigenvalue weighted by molar-refractivity contribution is 7.67. The van der Waals surface area contributed by atoms with Gasteiger partial charge in [0.1, 0.15) is 30.2 Å². The van der Waals surface area contributed by atoms with Crippen LogP contribution >= 0.6 is 23.4 Å². The molecule has 188 valence electrons. The molecule has 3 heterocycles. The van der Waals surface area contributed by atoms with Crippen molar-refractivity contribution < 1.29 is 56.5 Å². The van der Waals surface area contributed by atoms with Crippen molar-refractivity contribution in [3.05, 3.63) is 12.7 Å². The van der Waals surface area contributed by atoms with E-state index in [1.165, 1.54) is 10.9 Å². The van der Waals surface area contributed by atoms with Crippen molar-refractivity contribution in [2.24, 2.45) is 0 Å². The first-order chi connectivity index (χ1) is 15.8. The highest BCUT2D eigenvalue weighted by atomic mass is 31.3. The van der Waals surface area contributed by atoms with Gasteiger partial charge in [-0.3, -0.25) is 9.09 Å². The molecule has 0 aliphatic carbocycles. The largest absolute Gasteiger partial charge is 0.489 e. The Kier molecular flexibility index (Phi) is 7.92. The van der Waals surface area contributed by atoms with Crippen molar-refractivity contribution >= 4 is 40.4 Å². The molecule has 2 aromatic heterocycles. The maximum absolute atomic E-state index is 12.0. The van der Waals surface area contributed by atoms with E-state index in [4.69, 9.17) is 16.9 Å². The number of terminal acetylenes is 1. The molecule has 7 atom stereocenters. The molecular weight excluding hydrogens is 525 g/mol. The number of nitrogen functional groups attached to an aromatic ring is 1. The minimum Gasteiger partial charge on any atom is -0.387 e. The number of hydrogen-bond donors (Lipinski definition) is 7. The molecule has 34 heavy (non-hydrogen) atoms. The fraction of sp³-hybridized carbons (Fsp3) is 0.462. The van der Waals surface area contributed by atoms with Crippen molar-refractivity contribution in [2.45, 2.75) is 24.5 Å². The first-order valence-corrected chi connectivity index (χ1v) is 13.5. The second-order valence-corrected chi connectivity index (χ2v) is 11.4. The first kappa shape index (κ1) is 26.8. The number of imidazole rings is 1. The van der Waals surface area contributed by atoms with Crippen LogP contribution in [0.2, 0.25) is 0 Å². The minimum atomic E-state index is -5.62. The second-order valence-electron chi connectivity index (χ2n) is 6.58. The molecule has 0 aromatic carbocycles. The summed E-state index contributed by atoms with van der Waals surface area (Å²) in [6.07, 6.45) is 1.23. The van der Waals surface area contributed by atoms with E-state index in [0.717, 1.165) is 6.33 Å². The topological polar surface area (TPSA) is 271 Å². The zero-order valence-corrected chi connectivity index (χ0v) is 19.4. The van der Waals surface area contributed by atoms with Crippen LogP contribution in [-0.2, 0) is 31.6 Å². The SMILES string of the molecule is C#CCNP(=O)(O)OP(=O)(O)OP(=O)(O)OC[C@H]1O[C@@H](n2cnc3c(N)ncnc32)[C@H](O)[C@@H]1O. The zero-order chi connectivity index (χ0) is 25.3. The molecular formula is C13H19N6O12P3. The van der Waals surface area contributed by atoms with Crippen LogP contribution in [0.15, 0.2) is 12.7 Å². The third kappa shape index (κ3) is 6.25. The van der Waals surface area contributed by atoms with Gasteiger partial charge in [0.2, 0.25) is 0 Å². The van der Waals surface area contributed by atoms with Gasteiger partial charge in [-0.2, -0.15) is 8.62 Å². The monoisotopic (exact) mass is 544 g/mol. The molecule has 3 rings (SSSR count). The summed E-state index contributed by atoms with van der Waals surface area (Å²) < 4.78 is 54.5. The van der Waals surface area contributed by atoms with Gasteiger partial charge in [0, 0.05) is 0 Å². The van der Waals surface area contributed by atoms with E-state index in [1.807, 2.05) is 5.92 Å².